The minimum Gasteiger partial charge on any atom is -0.314 e. The molecule has 1 aliphatic rings. The zero-order valence-electron chi connectivity index (χ0n) is 9.84. The number of rotatable bonds is 2. The number of piperidine rings is 1. The van der Waals surface area contributed by atoms with Gasteiger partial charge >= 0.3 is 0 Å². The minimum absolute atomic E-state index is 0.0294. The molecule has 0 aromatic carbocycles. The number of nitrogens with zero attached hydrogens (tertiary/aromatic N) is 1. The van der Waals surface area contributed by atoms with Gasteiger partial charge < -0.3 is 10.2 Å². The lowest BCUT2D eigenvalue weighted by Crippen LogP contribution is -2.42. The van der Waals surface area contributed by atoms with Crippen LogP contribution in [0, 0.1) is 17.2 Å². The third kappa shape index (κ3) is 3.63. The second-order valence-electron chi connectivity index (χ2n) is 4.64. The smallest absolute Gasteiger partial charge is 0.228 e. The molecule has 0 spiro atoms. The fourth-order valence-corrected chi connectivity index (χ4v) is 1.65. The summed E-state index contributed by atoms with van der Waals surface area (Å²) in [5.74, 6) is 0.557. The van der Waals surface area contributed by atoms with E-state index in [0.717, 1.165) is 25.9 Å². The van der Waals surface area contributed by atoms with Crippen molar-refractivity contribution in [1.82, 2.24) is 10.2 Å². The second-order valence-corrected chi connectivity index (χ2v) is 4.64. The monoisotopic (exact) mass is 211 g/mol. The first-order valence-corrected chi connectivity index (χ1v) is 5.58. The maximum atomic E-state index is 11.7. The zero-order valence-corrected chi connectivity index (χ0v) is 9.84. The Balaban J connectivity index is 2.37. The largest absolute Gasteiger partial charge is 0.314 e. The fourth-order valence-electron chi connectivity index (χ4n) is 1.65. The van der Waals surface area contributed by atoms with Crippen molar-refractivity contribution in [1.29, 1.82) is 5.41 Å². The van der Waals surface area contributed by atoms with E-state index < -0.39 is 0 Å². The standard InChI is InChI=1S/C11H21N3O/c1-8(2)10(12)13-11(15)9-4-6-14(3)7-5-9/h8-9H,4-7H2,1-3H3,(H2,12,13,15). The van der Waals surface area contributed by atoms with Crippen LogP contribution >= 0.6 is 0 Å². The van der Waals surface area contributed by atoms with Crippen LogP contribution in [0.1, 0.15) is 26.7 Å². The maximum absolute atomic E-state index is 11.7. The summed E-state index contributed by atoms with van der Waals surface area (Å²) in [4.78, 5) is 14.0. The van der Waals surface area contributed by atoms with Gasteiger partial charge in [-0.3, -0.25) is 10.2 Å². The van der Waals surface area contributed by atoms with Crippen LogP contribution in [0.15, 0.2) is 0 Å². The van der Waals surface area contributed by atoms with Crippen LogP contribution in [0.5, 0.6) is 0 Å². The Hall–Kier alpha value is -0.900. The summed E-state index contributed by atoms with van der Waals surface area (Å²) in [7, 11) is 2.07. The average molecular weight is 211 g/mol. The lowest BCUT2D eigenvalue weighted by atomic mass is 9.96. The fraction of sp³-hybridized carbons (Fsp3) is 0.818. The molecule has 1 heterocycles. The third-order valence-electron chi connectivity index (χ3n) is 2.92. The summed E-state index contributed by atoms with van der Waals surface area (Å²) in [6.45, 7) is 5.79. The van der Waals surface area contributed by atoms with Gasteiger partial charge in [-0.15, -0.1) is 0 Å². The van der Waals surface area contributed by atoms with Gasteiger partial charge in [-0.2, -0.15) is 0 Å². The molecule has 0 radical (unpaired) electrons. The third-order valence-corrected chi connectivity index (χ3v) is 2.92. The quantitative estimate of drug-likeness (QED) is 0.530. The molecule has 0 saturated carbocycles. The van der Waals surface area contributed by atoms with E-state index in [4.69, 9.17) is 5.41 Å². The number of amides is 1. The Bertz CT molecular complexity index is 242. The van der Waals surface area contributed by atoms with E-state index in [-0.39, 0.29) is 17.7 Å². The molecule has 1 saturated heterocycles. The lowest BCUT2D eigenvalue weighted by Gasteiger charge is -2.28. The highest BCUT2D eigenvalue weighted by atomic mass is 16.1. The first-order valence-electron chi connectivity index (χ1n) is 5.58. The van der Waals surface area contributed by atoms with Gasteiger partial charge in [0, 0.05) is 11.8 Å². The predicted molar refractivity (Wildman–Crippen MR) is 60.9 cm³/mol. The molecule has 1 rings (SSSR count). The van der Waals surface area contributed by atoms with E-state index >= 15 is 0 Å². The molecule has 1 aliphatic heterocycles. The van der Waals surface area contributed by atoms with Gasteiger partial charge in [0.15, 0.2) is 0 Å². The molecule has 1 amide bonds. The van der Waals surface area contributed by atoms with Gasteiger partial charge in [-0.05, 0) is 33.0 Å². The Kier molecular flexibility index (Phi) is 4.27. The predicted octanol–water partition coefficient (Wildman–Crippen LogP) is 1.08. The molecule has 0 aliphatic carbocycles. The van der Waals surface area contributed by atoms with Crippen LogP contribution in [-0.2, 0) is 4.79 Å². The molecule has 0 aromatic heterocycles. The SMILES string of the molecule is CC(C)C(=N)NC(=O)C1CCN(C)CC1. The summed E-state index contributed by atoms with van der Waals surface area (Å²) in [6.07, 6.45) is 1.82. The highest BCUT2D eigenvalue weighted by Crippen LogP contribution is 2.15. The topological polar surface area (TPSA) is 56.2 Å². The Morgan fingerprint density at radius 2 is 1.93 bits per heavy atom. The highest BCUT2D eigenvalue weighted by molar-refractivity contribution is 5.98. The molecule has 4 nitrogen and oxygen atoms in total. The van der Waals surface area contributed by atoms with Crippen molar-refractivity contribution in [3.63, 3.8) is 0 Å². The van der Waals surface area contributed by atoms with Crippen LogP contribution in [0.4, 0.5) is 0 Å². The van der Waals surface area contributed by atoms with Crippen molar-refractivity contribution in [2.24, 2.45) is 11.8 Å². The van der Waals surface area contributed by atoms with E-state index in [1.54, 1.807) is 0 Å². The first-order chi connectivity index (χ1) is 7.00. The van der Waals surface area contributed by atoms with Crippen molar-refractivity contribution >= 4 is 11.7 Å². The first kappa shape index (κ1) is 12.2. The summed E-state index contributed by atoms with van der Waals surface area (Å²) < 4.78 is 0. The Morgan fingerprint density at radius 3 is 2.40 bits per heavy atom. The number of carbonyl (C=O) groups is 1. The Morgan fingerprint density at radius 1 is 1.40 bits per heavy atom. The van der Waals surface area contributed by atoms with Crippen molar-refractivity contribution in [2.45, 2.75) is 26.7 Å². The Labute approximate surface area is 91.5 Å². The van der Waals surface area contributed by atoms with E-state index in [2.05, 4.69) is 17.3 Å². The summed E-state index contributed by atoms with van der Waals surface area (Å²) in [6, 6.07) is 0. The van der Waals surface area contributed by atoms with Crippen LogP contribution in [0.2, 0.25) is 0 Å². The summed E-state index contributed by atoms with van der Waals surface area (Å²) in [5.41, 5.74) is 0. The van der Waals surface area contributed by atoms with Gasteiger partial charge in [-0.1, -0.05) is 13.8 Å². The number of likely N-dealkylation sites (tertiary alicyclic amines) is 1. The molecule has 0 unspecified atom stereocenters. The molecule has 0 aromatic rings. The molecular weight excluding hydrogens is 190 g/mol. The highest BCUT2D eigenvalue weighted by Gasteiger charge is 2.24. The molecule has 0 atom stereocenters. The van der Waals surface area contributed by atoms with E-state index in [1.165, 1.54) is 0 Å². The summed E-state index contributed by atoms with van der Waals surface area (Å²) >= 11 is 0. The molecule has 86 valence electrons. The van der Waals surface area contributed by atoms with Crippen molar-refractivity contribution < 1.29 is 4.79 Å². The average Bonchev–Trinajstić information content (AvgIpc) is 2.18. The van der Waals surface area contributed by atoms with E-state index in [1.807, 2.05) is 13.8 Å². The molecule has 2 N–H and O–H groups in total. The normalized spacial score (nSPS) is 19.2. The van der Waals surface area contributed by atoms with Gasteiger partial charge in [0.1, 0.15) is 5.84 Å². The number of amidine groups is 1. The molecular formula is C11H21N3O. The van der Waals surface area contributed by atoms with Gasteiger partial charge in [0.2, 0.25) is 5.91 Å². The maximum Gasteiger partial charge on any atom is 0.228 e. The van der Waals surface area contributed by atoms with Crippen LogP contribution in [-0.4, -0.2) is 36.8 Å². The van der Waals surface area contributed by atoms with Crippen molar-refractivity contribution in [3.8, 4) is 0 Å². The van der Waals surface area contributed by atoms with Gasteiger partial charge in [0.25, 0.3) is 0 Å². The molecule has 0 bridgehead atoms. The van der Waals surface area contributed by atoms with Crippen molar-refractivity contribution in [3.05, 3.63) is 0 Å². The van der Waals surface area contributed by atoms with E-state index in [0.29, 0.717) is 5.84 Å². The minimum atomic E-state index is 0.0294. The molecule has 4 heteroatoms. The lowest BCUT2D eigenvalue weighted by molar-refractivity contribution is -0.124. The summed E-state index contributed by atoms with van der Waals surface area (Å²) in [5, 5.41) is 10.3. The van der Waals surface area contributed by atoms with Crippen LogP contribution < -0.4 is 5.32 Å². The van der Waals surface area contributed by atoms with Crippen molar-refractivity contribution in [2.75, 3.05) is 20.1 Å². The number of nitrogens with one attached hydrogen (secondary N) is 2. The number of carbonyl (C=O) groups excluding carboxylic acids is 1. The van der Waals surface area contributed by atoms with Gasteiger partial charge in [0.05, 0.1) is 0 Å². The van der Waals surface area contributed by atoms with Gasteiger partial charge in [-0.25, -0.2) is 0 Å². The van der Waals surface area contributed by atoms with Crippen LogP contribution in [0.3, 0.4) is 0 Å². The van der Waals surface area contributed by atoms with Crippen LogP contribution in [0.25, 0.3) is 0 Å². The number of hydrogen-bond acceptors (Lipinski definition) is 3. The zero-order chi connectivity index (χ0) is 11.4. The molecule has 1 fully saturated rings. The van der Waals surface area contributed by atoms with E-state index in [9.17, 15) is 4.79 Å². The number of hydrogen-bond donors (Lipinski definition) is 2. The molecule has 15 heavy (non-hydrogen) atoms. The second kappa shape index (κ2) is 5.26.